The second kappa shape index (κ2) is 5.79. The van der Waals surface area contributed by atoms with Crippen LogP contribution in [0.5, 0.6) is 11.5 Å². The zero-order valence-electron chi connectivity index (χ0n) is 11.7. The fraction of sp³-hybridized carbons (Fsp3) is 0.294. The molecule has 0 aliphatic carbocycles. The van der Waals surface area contributed by atoms with Gasteiger partial charge in [-0.25, -0.2) is 0 Å². The van der Waals surface area contributed by atoms with Crippen molar-refractivity contribution in [1.82, 2.24) is 0 Å². The van der Waals surface area contributed by atoms with Crippen LogP contribution in [0.4, 0.5) is 0 Å². The first-order chi connectivity index (χ1) is 9.08. The highest BCUT2D eigenvalue weighted by Gasteiger charge is 2.04. The first-order valence-corrected chi connectivity index (χ1v) is 6.58. The molecule has 0 aliphatic rings. The van der Waals surface area contributed by atoms with Crippen LogP contribution in [0.25, 0.3) is 0 Å². The van der Waals surface area contributed by atoms with E-state index in [2.05, 4.69) is 38.1 Å². The van der Waals surface area contributed by atoms with Gasteiger partial charge in [-0.3, -0.25) is 0 Å². The Kier molecular flexibility index (Phi) is 4.10. The fourth-order valence-electron chi connectivity index (χ4n) is 1.92. The molecular formula is C17H20O2. The summed E-state index contributed by atoms with van der Waals surface area (Å²) in [5.74, 6) is 1.55. The van der Waals surface area contributed by atoms with Crippen LogP contribution in [0, 0.1) is 6.92 Å². The minimum Gasteiger partial charge on any atom is -0.508 e. The summed E-state index contributed by atoms with van der Waals surface area (Å²) in [6, 6.07) is 13.8. The lowest BCUT2D eigenvalue weighted by Crippen LogP contribution is -1.97. The van der Waals surface area contributed by atoms with Crippen molar-refractivity contribution in [2.75, 3.05) is 0 Å². The molecule has 0 heterocycles. The highest BCUT2D eigenvalue weighted by Crippen LogP contribution is 2.26. The van der Waals surface area contributed by atoms with Crippen LogP contribution < -0.4 is 4.74 Å². The van der Waals surface area contributed by atoms with Gasteiger partial charge >= 0.3 is 0 Å². The summed E-state index contributed by atoms with van der Waals surface area (Å²) in [4.78, 5) is 0. The number of aromatic hydroxyl groups is 1. The first-order valence-electron chi connectivity index (χ1n) is 6.58. The number of hydrogen-bond donors (Lipinski definition) is 1. The second-order valence-corrected chi connectivity index (χ2v) is 5.09. The molecule has 0 atom stereocenters. The van der Waals surface area contributed by atoms with Crippen molar-refractivity contribution in [3.05, 3.63) is 59.2 Å². The van der Waals surface area contributed by atoms with E-state index in [1.807, 2.05) is 13.0 Å². The van der Waals surface area contributed by atoms with Gasteiger partial charge in [0.05, 0.1) is 0 Å². The third kappa shape index (κ3) is 3.28. The molecule has 0 saturated carbocycles. The Bertz CT molecular complexity index is 542. The highest BCUT2D eigenvalue weighted by atomic mass is 16.5. The molecule has 2 nitrogen and oxygen atoms in total. The smallest absolute Gasteiger partial charge is 0.126 e. The molecule has 1 N–H and O–H groups in total. The Hall–Kier alpha value is -1.96. The summed E-state index contributed by atoms with van der Waals surface area (Å²) in [6.45, 7) is 6.73. The maximum Gasteiger partial charge on any atom is 0.126 e. The topological polar surface area (TPSA) is 29.5 Å². The third-order valence-corrected chi connectivity index (χ3v) is 3.30. The van der Waals surface area contributed by atoms with Gasteiger partial charge in [0, 0.05) is 5.56 Å². The van der Waals surface area contributed by atoms with Gasteiger partial charge in [0.2, 0.25) is 0 Å². The zero-order valence-corrected chi connectivity index (χ0v) is 11.7. The van der Waals surface area contributed by atoms with Gasteiger partial charge in [-0.05, 0) is 36.1 Å². The van der Waals surface area contributed by atoms with E-state index >= 15 is 0 Å². The summed E-state index contributed by atoms with van der Waals surface area (Å²) >= 11 is 0. The maximum absolute atomic E-state index is 9.61. The van der Waals surface area contributed by atoms with Gasteiger partial charge in [-0.1, -0.05) is 44.2 Å². The normalized spacial score (nSPS) is 10.7. The molecule has 2 heteroatoms. The number of hydrogen-bond acceptors (Lipinski definition) is 2. The van der Waals surface area contributed by atoms with Crippen LogP contribution in [-0.4, -0.2) is 5.11 Å². The molecule has 2 aromatic rings. The van der Waals surface area contributed by atoms with Crippen LogP contribution in [-0.2, 0) is 6.61 Å². The highest BCUT2D eigenvalue weighted by molar-refractivity contribution is 5.42. The van der Waals surface area contributed by atoms with Gasteiger partial charge in [0.1, 0.15) is 18.1 Å². The lowest BCUT2D eigenvalue weighted by molar-refractivity contribution is 0.302. The molecule has 0 aromatic heterocycles. The molecule has 0 unspecified atom stereocenters. The van der Waals surface area contributed by atoms with Crippen molar-refractivity contribution < 1.29 is 9.84 Å². The Morgan fingerprint density at radius 2 is 1.74 bits per heavy atom. The van der Waals surface area contributed by atoms with Crippen molar-refractivity contribution in [3.63, 3.8) is 0 Å². The summed E-state index contributed by atoms with van der Waals surface area (Å²) < 4.78 is 5.74. The molecule has 100 valence electrons. The van der Waals surface area contributed by atoms with Crippen LogP contribution in [0.1, 0.15) is 36.5 Å². The lowest BCUT2D eigenvalue weighted by Gasteiger charge is -2.11. The average Bonchev–Trinajstić information content (AvgIpc) is 2.41. The quantitative estimate of drug-likeness (QED) is 0.878. The molecule has 0 amide bonds. The van der Waals surface area contributed by atoms with Gasteiger partial charge < -0.3 is 9.84 Å². The minimum atomic E-state index is 0.271. The van der Waals surface area contributed by atoms with Crippen LogP contribution in [0.15, 0.2) is 42.5 Å². The maximum atomic E-state index is 9.61. The van der Waals surface area contributed by atoms with E-state index in [1.54, 1.807) is 12.1 Å². The standard InChI is InChI=1S/C17H20O2/c1-12(2)15-9-7-14(8-10-15)11-19-17-6-4-5-16(18)13(17)3/h4-10,12,18H,11H2,1-3H3. The van der Waals surface area contributed by atoms with Gasteiger partial charge in [0.25, 0.3) is 0 Å². The minimum absolute atomic E-state index is 0.271. The molecule has 2 rings (SSSR count). The molecule has 0 fully saturated rings. The first kappa shape index (κ1) is 13.5. The summed E-state index contributed by atoms with van der Waals surface area (Å²) in [5, 5.41) is 9.61. The molecule has 2 aromatic carbocycles. The molecule has 19 heavy (non-hydrogen) atoms. The van der Waals surface area contributed by atoms with E-state index in [-0.39, 0.29) is 5.75 Å². The summed E-state index contributed by atoms with van der Waals surface area (Å²) in [5.41, 5.74) is 3.24. The lowest BCUT2D eigenvalue weighted by atomic mass is 10.0. The number of rotatable bonds is 4. The number of benzene rings is 2. The monoisotopic (exact) mass is 256 g/mol. The van der Waals surface area contributed by atoms with Crippen LogP contribution in [0.3, 0.4) is 0 Å². The predicted molar refractivity (Wildman–Crippen MR) is 77.7 cm³/mol. The molecule has 0 bridgehead atoms. The third-order valence-electron chi connectivity index (χ3n) is 3.30. The Labute approximate surface area is 114 Å². The summed E-state index contributed by atoms with van der Waals surface area (Å²) in [7, 11) is 0. The van der Waals surface area contributed by atoms with Gasteiger partial charge in [-0.2, -0.15) is 0 Å². The Morgan fingerprint density at radius 1 is 1.05 bits per heavy atom. The Balaban J connectivity index is 2.04. The van der Waals surface area contributed by atoms with E-state index in [1.165, 1.54) is 5.56 Å². The average molecular weight is 256 g/mol. The summed E-state index contributed by atoms with van der Waals surface area (Å²) in [6.07, 6.45) is 0. The van der Waals surface area contributed by atoms with Crippen LogP contribution in [0.2, 0.25) is 0 Å². The van der Waals surface area contributed by atoms with Gasteiger partial charge in [0.15, 0.2) is 0 Å². The Morgan fingerprint density at radius 3 is 2.37 bits per heavy atom. The number of phenolic OH excluding ortho intramolecular Hbond substituents is 1. The zero-order chi connectivity index (χ0) is 13.8. The largest absolute Gasteiger partial charge is 0.508 e. The fourth-order valence-corrected chi connectivity index (χ4v) is 1.92. The number of phenols is 1. The van der Waals surface area contributed by atoms with Gasteiger partial charge in [-0.15, -0.1) is 0 Å². The van der Waals surface area contributed by atoms with E-state index < -0.39 is 0 Å². The van der Waals surface area contributed by atoms with Crippen molar-refractivity contribution >= 4 is 0 Å². The van der Waals surface area contributed by atoms with Crippen LogP contribution >= 0.6 is 0 Å². The van der Waals surface area contributed by atoms with E-state index in [9.17, 15) is 5.11 Å². The second-order valence-electron chi connectivity index (χ2n) is 5.09. The van der Waals surface area contributed by atoms with Crippen molar-refractivity contribution in [2.45, 2.75) is 33.3 Å². The molecule has 0 spiro atoms. The van der Waals surface area contributed by atoms with Crippen molar-refractivity contribution in [2.24, 2.45) is 0 Å². The molecular weight excluding hydrogens is 236 g/mol. The van der Waals surface area contributed by atoms with E-state index in [0.717, 1.165) is 16.9 Å². The van der Waals surface area contributed by atoms with E-state index in [4.69, 9.17) is 4.74 Å². The number of ether oxygens (including phenoxy) is 1. The molecule has 0 radical (unpaired) electrons. The van der Waals surface area contributed by atoms with Crippen molar-refractivity contribution in [3.8, 4) is 11.5 Å². The SMILES string of the molecule is Cc1c(O)cccc1OCc1ccc(C(C)C)cc1. The van der Waals surface area contributed by atoms with Crippen molar-refractivity contribution in [1.29, 1.82) is 0 Å². The van der Waals surface area contributed by atoms with E-state index in [0.29, 0.717) is 12.5 Å². The molecule has 0 saturated heterocycles. The molecule has 0 aliphatic heterocycles. The predicted octanol–water partition coefficient (Wildman–Crippen LogP) is 4.40.